The molecule has 0 aromatic rings. The van der Waals surface area contributed by atoms with Crippen LogP contribution >= 0.6 is 0 Å². The number of hydrogen-bond donors (Lipinski definition) is 16. The first-order valence-electron chi connectivity index (χ1n) is 14.5. The van der Waals surface area contributed by atoms with Gasteiger partial charge in [0, 0.05) is 127 Å². The normalized spacial score (nSPS) is 9.77. The molecule has 0 unspecified atom stereocenters. The van der Waals surface area contributed by atoms with E-state index in [0.717, 1.165) is 52.4 Å². The highest BCUT2D eigenvalue weighted by molar-refractivity contribution is 5.91. The fourth-order valence-electron chi connectivity index (χ4n) is 1.83. The molecule has 20 N–H and O–H groups in total. The maximum absolute atomic E-state index is 9.55. The first-order valence-corrected chi connectivity index (χ1v) is 14.5. The molecule has 0 aromatic carbocycles. The molecule has 0 fully saturated rings. The second-order valence-corrected chi connectivity index (χ2v) is 8.19. The summed E-state index contributed by atoms with van der Waals surface area (Å²) in [5.74, 6) is -10.1. The highest BCUT2D eigenvalue weighted by Crippen LogP contribution is 1.72. The summed E-state index contributed by atoms with van der Waals surface area (Å²) in [5, 5.41) is 75.2. The zero-order valence-electron chi connectivity index (χ0n) is 28.3. The summed E-state index contributed by atoms with van der Waals surface area (Å²) in [5.41, 5.74) is 21.1. The van der Waals surface area contributed by atoms with Crippen molar-refractivity contribution >= 4 is 47.8 Å². The van der Waals surface area contributed by atoms with Crippen molar-refractivity contribution in [3.05, 3.63) is 48.6 Å². The fourth-order valence-corrected chi connectivity index (χ4v) is 1.83. The average molecular weight is 757 g/mol. The summed E-state index contributed by atoms with van der Waals surface area (Å²) >= 11 is 0. The summed E-state index contributed by atoms with van der Waals surface area (Å²) < 4.78 is 0. The lowest BCUT2D eigenvalue weighted by Gasteiger charge is -2.03. The Labute approximate surface area is 298 Å². The van der Waals surface area contributed by atoms with Crippen LogP contribution in [0.1, 0.15) is 0 Å². The van der Waals surface area contributed by atoms with E-state index in [1.165, 1.54) is 0 Å². The van der Waals surface area contributed by atoms with E-state index >= 15 is 0 Å². The van der Waals surface area contributed by atoms with Gasteiger partial charge in [-0.15, -0.1) is 0 Å². The number of rotatable bonds is 22. The predicted molar refractivity (Wildman–Crippen MR) is 185 cm³/mol. The molecule has 0 radical (unpaired) electrons. The van der Waals surface area contributed by atoms with E-state index in [4.69, 9.17) is 63.8 Å². The van der Waals surface area contributed by atoms with Crippen LogP contribution in [0.4, 0.5) is 0 Å². The molecule has 0 atom stereocenters. The van der Waals surface area contributed by atoms with Crippen LogP contribution in [0.5, 0.6) is 0 Å². The molecule has 0 aromatic heterocycles. The highest BCUT2D eigenvalue weighted by Gasteiger charge is 1.90. The van der Waals surface area contributed by atoms with Crippen molar-refractivity contribution in [3.8, 4) is 0 Å². The van der Waals surface area contributed by atoms with Crippen LogP contribution < -0.4 is 44.2 Å². The van der Waals surface area contributed by atoms with Crippen molar-refractivity contribution in [2.75, 3.05) is 78.5 Å². The first-order chi connectivity index (χ1) is 24.3. The Morgan fingerprint density at radius 1 is 0.288 bits per heavy atom. The standard InChI is InChI=1S/2C6H18N4.4C4H4O4/c2*7-1-3-9-5-6-10-4-2-8;4*5-3(6)1-2-4(7)8/h2*9-10H,1-8H2;4*1-2H,(H,5,6)(H,7,8)/b;;4*2-1+. The molecule has 0 heterocycles. The van der Waals surface area contributed by atoms with Gasteiger partial charge in [0.15, 0.2) is 0 Å². The van der Waals surface area contributed by atoms with Gasteiger partial charge in [-0.1, -0.05) is 0 Å². The zero-order chi connectivity index (χ0) is 41.6. The van der Waals surface area contributed by atoms with E-state index in [2.05, 4.69) is 21.3 Å². The van der Waals surface area contributed by atoms with Gasteiger partial charge < -0.3 is 85.1 Å². The summed E-state index contributed by atoms with van der Waals surface area (Å²) in [4.78, 5) is 76.4. The molecule has 0 aliphatic heterocycles. The summed E-state index contributed by atoms with van der Waals surface area (Å²) in [6, 6.07) is 0. The van der Waals surface area contributed by atoms with Crippen LogP contribution in [0.15, 0.2) is 48.6 Å². The Balaban J connectivity index is -0.000000122. The van der Waals surface area contributed by atoms with Crippen LogP contribution in [0.3, 0.4) is 0 Å². The second-order valence-electron chi connectivity index (χ2n) is 8.19. The maximum atomic E-state index is 9.55. The lowest BCUT2D eigenvalue weighted by atomic mass is 10.5. The smallest absolute Gasteiger partial charge is 0.328 e. The molecular formula is C28H52N8O16. The topological polar surface area (TPSA) is 451 Å². The number of carbonyl (C=O) groups is 8. The number of carboxylic acid groups (broad SMARTS) is 8. The van der Waals surface area contributed by atoms with Crippen molar-refractivity contribution in [3.63, 3.8) is 0 Å². The second kappa shape index (κ2) is 49.8. The molecule has 0 bridgehead atoms. The Hall–Kier alpha value is -5.60. The molecule has 24 nitrogen and oxygen atoms in total. The third kappa shape index (κ3) is 104. The quantitative estimate of drug-likeness (QED) is 0.0363. The van der Waals surface area contributed by atoms with Gasteiger partial charge in [0.2, 0.25) is 0 Å². The third-order valence-electron chi connectivity index (χ3n) is 3.72. The van der Waals surface area contributed by atoms with Crippen LogP contribution in [0.2, 0.25) is 0 Å². The molecular weight excluding hydrogens is 704 g/mol. The Kier molecular flexibility index (Phi) is 56.1. The van der Waals surface area contributed by atoms with E-state index in [-0.39, 0.29) is 0 Å². The number of carboxylic acids is 8. The van der Waals surface area contributed by atoms with Crippen LogP contribution in [0, 0.1) is 0 Å². The molecule has 300 valence electrons. The van der Waals surface area contributed by atoms with E-state index in [9.17, 15) is 38.4 Å². The van der Waals surface area contributed by atoms with Gasteiger partial charge in [-0.3, -0.25) is 0 Å². The van der Waals surface area contributed by atoms with E-state index in [1.807, 2.05) is 0 Å². The lowest BCUT2D eigenvalue weighted by Crippen LogP contribution is -2.32. The van der Waals surface area contributed by atoms with Gasteiger partial charge in [-0.2, -0.15) is 0 Å². The summed E-state index contributed by atoms with van der Waals surface area (Å²) in [6.45, 7) is 10.3. The first kappa shape index (κ1) is 58.6. The van der Waals surface area contributed by atoms with Gasteiger partial charge >= 0.3 is 47.8 Å². The van der Waals surface area contributed by atoms with Crippen molar-refractivity contribution < 1.29 is 79.2 Å². The Morgan fingerprint density at radius 2 is 0.404 bits per heavy atom. The van der Waals surface area contributed by atoms with Gasteiger partial charge in [0.05, 0.1) is 0 Å². The minimum Gasteiger partial charge on any atom is -0.478 e. The molecule has 24 heteroatoms. The zero-order valence-corrected chi connectivity index (χ0v) is 28.3. The summed E-state index contributed by atoms with van der Waals surface area (Å²) in [6.07, 6.45) is 4.46. The number of aliphatic carboxylic acids is 8. The predicted octanol–water partition coefficient (Wildman–Crippen LogP) is -4.99. The van der Waals surface area contributed by atoms with Gasteiger partial charge in [-0.25, -0.2) is 38.4 Å². The Morgan fingerprint density at radius 3 is 0.481 bits per heavy atom. The monoisotopic (exact) mass is 756 g/mol. The van der Waals surface area contributed by atoms with Gasteiger partial charge in [-0.05, 0) is 0 Å². The van der Waals surface area contributed by atoms with Crippen molar-refractivity contribution in [1.29, 1.82) is 0 Å². The van der Waals surface area contributed by atoms with Crippen LogP contribution in [0.25, 0.3) is 0 Å². The average Bonchev–Trinajstić information content (AvgIpc) is 3.05. The van der Waals surface area contributed by atoms with Crippen molar-refractivity contribution in [1.82, 2.24) is 21.3 Å². The molecule has 0 aliphatic rings. The SMILES string of the molecule is NCCNCCNCCN.NCCNCCNCCN.O=C(O)/C=C/C(=O)O.O=C(O)/C=C/C(=O)O.O=C(O)/C=C/C(=O)O.O=C(O)/C=C/C(=O)O. The van der Waals surface area contributed by atoms with Crippen LogP contribution in [-0.4, -0.2) is 167 Å². The van der Waals surface area contributed by atoms with Crippen molar-refractivity contribution in [2.45, 2.75) is 0 Å². The molecule has 0 saturated carbocycles. The van der Waals surface area contributed by atoms with Gasteiger partial charge in [0.1, 0.15) is 0 Å². The third-order valence-corrected chi connectivity index (χ3v) is 3.72. The Bertz CT molecular complexity index is 868. The molecule has 0 saturated heterocycles. The summed E-state index contributed by atoms with van der Waals surface area (Å²) in [7, 11) is 0. The highest BCUT2D eigenvalue weighted by atomic mass is 16.4. The number of hydrogen-bond acceptors (Lipinski definition) is 16. The molecule has 52 heavy (non-hydrogen) atoms. The van der Waals surface area contributed by atoms with E-state index in [1.54, 1.807) is 0 Å². The number of nitrogens with one attached hydrogen (secondary N) is 4. The molecule has 0 aliphatic carbocycles. The van der Waals surface area contributed by atoms with E-state index in [0.29, 0.717) is 74.8 Å². The molecule has 0 rings (SSSR count). The van der Waals surface area contributed by atoms with Crippen molar-refractivity contribution in [2.24, 2.45) is 22.9 Å². The van der Waals surface area contributed by atoms with Gasteiger partial charge in [0.25, 0.3) is 0 Å². The fraction of sp³-hybridized carbons (Fsp3) is 0.429. The minimum absolute atomic E-state index is 0.558. The number of nitrogens with two attached hydrogens (primary N) is 4. The largest absolute Gasteiger partial charge is 0.478 e. The maximum Gasteiger partial charge on any atom is 0.328 e. The minimum atomic E-state index is -1.26. The lowest BCUT2D eigenvalue weighted by molar-refractivity contribution is -0.134. The molecule has 0 spiro atoms. The van der Waals surface area contributed by atoms with Crippen LogP contribution in [-0.2, 0) is 38.4 Å². The van der Waals surface area contributed by atoms with E-state index < -0.39 is 47.8 Å². The molecule has 0 amide bonds.